The summed E-state index contributed by atoms with van der Waals surface area (Å²) in [6.45, 7) is 4.01. The summed E-state index contributed by atoms with van der Waals surface area (Å²) in [7, 11) is 0. The van der Waals surface area contributed by atoms with Crippen LogP contribution in [0.1, 0.15) is 31.3 Å². The van der Waals surface area contributed by atoms with Gasteiger partial charge in [-0.25, -0.2) is 4.98 Å². The van der Waals surface area contributed by atoms with Crippen LogP contribution in [0.25, 0.3) is 11.0 Å². The number of hydrogen-bond donors (Lipinski definition) is 1. The van der Waals surface area contributed by atoms with Crippen molar-refractivity contribution in [2.75, 3.05) is 12.4 Å². The highest BCUT2D eigenvalue weighted by molar-refractivity contribution is 8.01. The Morgan fingerprint density at radius 3 is 2.96 bits per heavy atom. The van der Waals surface area contributed by atoms with Gasteiger partial charge in [0.25, 0.3) is 0 Å². The molecule has 8 heteroatoms. The van der Waals surface area contributed by atoms with Crippen LogP contribution >= 0.6 is 23.1 Å². The second kappa shape index (κ2) is 9.05. The zero-order valence-corrected chi connectivity index (χ0v) is 16.7. The molecule has 0 spiro atoms. The maximum absolute atomic E-state index is 12.2. The molecule has 0 aliphatic carbocycles. The number of carbonyl (C=O) groups excluding carboxylic acids is 2. The van der Waals surface area contributed by atoms with E-state index in [2.05, 4.69) is 10.3 Å². The predicted molar refractivity (Wildman–Crippen MR) is 106 cm³/mol. The van der Waals surface area contributed by atoms with E-state index >= 15 is 0 Å². The maximum Gasteiger partial charge on any atom is 0.311 e. The van der Waals surface area contributed by atoms with Gasteiger partial charge in [0.1, 0.15) is 11.3 Å². The largest absolute Gasteiger partial charge is 0.466 e. The molecule has 2 heterocycles. The van der Waals surface area contributed by atoms with E-state index in [9.17, 15) is 9.59 Å². The van der Waals surface area contributed by atoms with Crippen molar-refractivity contribution < 1.29 is 18.7 Å². The van der Waals surface area contributed by atoms with Crippen molar-refractivity contribution >= 4 is 45.9 Å². The van der Waals surface area contributed by atoms with Crippen LogP contribution in [0, 0.1) is 0 Å². The Kier molecular flexibility index (Phi) is 6.52. The van der Waals surface area contributed by atoms with E-state index in [4.69, 9.17) is 9.15 Å². The van der Waals surface area contributed by atoms with Crippen molar-refractivity contribution in [1.82, 2.24) is 10.3 Å². The molecule has 1 atom stereocenters. The monoisotopic (exact) mass is 404 g/mol. The van der Waals surface area contributed by atoms with Gasteiger partial charge in [-0.3, -0.25) is 9.59 Å². The molecule has 6 nitrogen and oxygen atoms in total. The summed E-state index contributed by atoms with van der Waals surface area (Å²) in [6, 6.07) is 9.46. The van der Waals surface area contributed by atoms with Gasteiger partial charge in [-0.2, -0.15) is 0 Å². The van der Waals surface area contributed by atoms with Gasteiger partial charge in [0.2, 0.25) is 5.91 Å². The van der Waals surface area contributed by atoms with Crippen LogP contribution in [0.4, 0.5) is 0 Å². The van der Waals surface area contributed by atoms with E-state index in [1.807, 2.05) is 42.6 Å². The van der Waals surface area contributed by atoms with Gasteiger partial charge >= 0.3 is 5.97 Å². The fourth-order valence-electron chi connectivity index (χ4n) is 2.49. The normalized spacial score (nSPS) is 12.1. The standard InChI is InChI=1S/C19H20N2O4S2/c1-3-24-18(23)9-14-10-26-19(21-14)27-11-17(22)20-12(2)16-8-13-6-4-5-7-15(13)25-16/h4-8,10,12H,3,9,11H2,1-2H3,(H,20,22)/t12-/m0/s1. The number of thioether (sulfide) groups is 1. The van der Waals surface area contributed by atoms with Gasteiger partial charge in [-0.15, -0.1) is 11.3 Å². The minimum absolute atomic E-state index is 0.102. The lowest BCUT2D eigenvalue weighted by molar-refractivity contribution is -0.142. The van der Waals surface area contributed by atoms with E-state index in [-0.39, 0.29) is 30.1 Å². The Morgan fingerprint density at radius 2 is 2.19 bits per heavy atom. The first-order valence-corrected chi connectivity index (χ1v) is 10.4. The summed E-state index contributed by atoms with van der Waals surface area (Å²) in [6.07, 6.45) is 0.153. The predicted octanol–water partition coefficient (Wildman–Crippen LogP) is 3.96. The number of benzene rings is 1. The van der Waals surface area contributed by atoms with Crippen LogP contribution in [-0.4, -0.2) is 29.2 Å². The lowest BCUT2D eigenvalue weighted by atomic mass is 10.2. The summed E-state index contributed by atoms with van der Waals surface area (Å²) >= 11 is 2.76. The average molecular weight is 405 g/mol. The Morgan fingerprint density at radius 1 is 1.37 bits per heavy atom. The first-order valence-electron chi connectivity index (χ1n) is 8.55. The van der Waals surface area contributed by atoms with Gasteiger partial charge in [0.05, 0.1) is 30.5 Å². The van der Waals surface area contributed by atoms with Gasteiger partial charge in [-0.1, -0.05) is 30.0 Å². The molecule has 27 heavy (non-hydrogen) atoms. The number of nitrogens with zero attached hydrogens (tertiary/aromatic N) is 1. The molecule has 0 saturated carbocycles. The minimum atomic E-state index is -0.295. The highest BCUT2D eigenvalue weighted by Crippen LogP contribution is 2.25. The first-order chi connectivity index (χ1) is 13.0. The molecule has 3 aromatic rings. The van der Waals surface area contributed by atoms with Gasteiger partial charge in [0, 0.05) is 10.8 Å². The Bertz CT molecular complexity index is 902. The zero-order valence-electron chi connectivity index (χ0n) is 15.1. The number of hydrogen-bond acceptors (Lipinski definition) is 7. The van der Waals surface area contributed by atoms with E-state index in [0.717, 1.165) is 21.1 Å². The summed E-state index contributed by atoms with van der Waals surface area (Å²) < 4.78 is 11.4. The fraction of sp³-hybridized carbons (Fsp3) is 0.316. The van der Waals surface area contributed by atoms with Crippen LogP contribution in [-0.2, 0) is 20.7 Å². The number of ether oxygens (including phenoxy) is 1. The van der Waals surface area contributed by atoms with Gasteiger partial charge < -0.3 is 14.5 Å². The molecule has 2 aromatic heterocycles. The Labute approximate surface area is 165 Å². The van der Waals surface area contributed by atoms with Crippen LogP contribution in [0.2, 0.25) is 0 Å². The van der Waals surface area contributed by atoms with E-state index in [1.165, 1.54) is 23.1 Å². The molecule has 0 saturated heterocycles. The molecule has 0 aliphatic heterocycles. The van der Waals surface area contributed by atoms with Crippen molar-refractivity contribution in [3.8, 4) is 0 Å². The molecule has 0 aliphatic rings. The smallest absolute Gasteiger partial charge is 0.311 e. The van der Waals surface area contributed by atoms with E-state index in [1.54, 1.807) is 6.92 Å². The molecule has 3 rings (SSSR count). The van der Waals surface area contributed by atoms with Crippen molar-refractivity contribution in [3.05, 3.63) is 47.2 Å². The molecular weight excluding hydrogens is 384 g/mol. The van der Waals surface area contributed by atoms with Crippen LogP contribution < -0.4 is 5.32 Å². The Balaban J connectivity index is 1.49. The van der Waals surface area contributed by atoms with Crippen molar-refractivity contribution in [2.24, 2.45) is 0 Å². The summed E-state index contributed by atoms with van der Waals surface area (Å²) in [5, 5.41) is 5.76. The highest BCUT2D eigenvalue weighted by atomic mass is 32.2. The quantitative estimate of drug-likeness (QED) is 0.452. The third-order valence-electron chi connectivity index (χ3n) is 3.74. The molecule has 0 fully saturated rings. The highest BCUT2D eigenvalue weighted by Gasteiger charge is 2.15. The SMILES string of the molecule is CCOC(=O)Cc1csc(SCC(=O)N[C@@H](C)c2cc3ccccc3o2)n1. The summed E-state index contributed by atoms with van der Waals surface area (Å²) in [5.41, 5.74) is 1.47. The number of furan rings is 1. The molecule has 1 aromatic carbocycles. The molecule has 0 bridgehead atoms. The minimum Gasteiger partial charge on any atom is -0.466 e. The number of esters is 1. The van der Waals surface area contributed by atoms with Crippen molar-refractivity contribution in [1.29, 1.82) is 0 Å². The van der Waals surface area contributed by atoms with Crippen LogP contribution in [0.5, 0.6) is 0 Å². The third kappa shape index (κ3) is 5.33. The van der Waals surface area contributed by atoms with Crippen molar-refractivity contribution in [3.63, 3.8) is 0 Å². The maximum atomic E-state index is 12.2. The third-order valence-corrected chi connectivity index (χ3v) is 5.81. The number of rotatable bonds is 8. The Hall–Kier alpha value is -2.32. The number of carbonyl (C=O) groups is 2. The van der Waals surface area contributed by atoms with Crippen molar-refractivity contribution in [2.45, 2.75) is 30.6 Å². The summed E-state index contributed by atoms with van der Waals surface area (Å²) in [4.78, 5) is 28.0. The molecule has 0 unspecified atom stereocenters. The second-order valence-electron chi connectivity index (χ2n) is 5.85. The molecular formula is C19H20N2O4S2. The lowest BCUT2D eigenvalue weighted by Gasteiger charge is -2.10. The topological polar surface area (TPSA) is 81.4 Å². The van der Waals surface area contributed by atoms with Gasteiger partial charge in [0.15, 0.2) is 4.34 Å². The lowest BCUT2D eigenvalue weighted by Crippen LogP contribution is -2.27. The number of fused-ring (bicyclic) bond motifs is 1. The average Bonchev–Trinajstić information content (AvgIpc) is 3.26. The number of aromatic nitrogens is 1. The fourth-order valence-corrected chi connectivity index (χ4v) is 4.15. The van der Waals surface area contributed by atoms with Gasteiger partial charge in [-0.05, 0) is 26.0 Å². The summed E-state index contributed by atoms with van der Waals surface area (Å²) in [5.74, 6) is 0.573. The molecule has 142 valence electrons. The second-order valence-corrected chi connectivity index (χ2v) is 7.93. The number of nitrogens with one attached hydrogen (secondary N) is 1. The molecule has 0 radical (unpaired) electrons. The first kappa shape index (κ1) is 19.4. The van der Waals surface area contributed by atoms with Crippen LogP contribution in [0.3, 0.4) is 0 Å². The number of amides is 1. The van der Waals surface area contributed by atoms with Crippen LogP contribution in [0.15, 0.2) is 44.5 Å². The number of para-hydroxylation sites is 1. The van der Waals surface area contributed by atoms with E-state index in [0.29, 0.717) is 12.3 Å². The number of thiazole rings is 1. The molecule has 1 N–H and O–H groups in total. The van der Waals surface area contributed by atoms with E-state index < -0.39 is 0 Å². The molecule has 1 amide bonds. The zero-order chi connectivity index (χ0) is 19.2.